The van der Waals surface area contributed by atoms with Crippen molar-refractivity contribution in [2.45, 2.75) is 18.1 Å². The average molecular weight is 479 g/mol. The summed E-state index contributed by atoms with van der Waals surface area (Å²) < 4.78 is 26.5. The van der Waals surface area contributed by atoms with Gasteiger partial charge in [0.25, 0.3) is 5.91 Å². The van der Waals surface area contributed by atoms with Crippen molar-refractivity contribution >= 4 is 49.8 Å². The second kappa shape index (κ2) is 8.46. The van der Waals surface area contributed by atoms with E-state index in [0.717, 1.165) is 16.5 Å². The van der Waals surface area contributed by atoms with Crippen LogP contribution in [0.2, 0.25) is 5.02 Å². The van der Waals surface area contributed by atoms with Crippen LogP contribution in [0.25, 0.3) is 22.0 Å². The van der Waals surface area contributed by atoms with E-state index in [0.29, 0.717) is 34.7 Å². The van der Waals surface area contributed by atoms with Crippen LogP contribution in [0.15, 0.2) is 73.1 Å². The van der Waals surface area contributed by atoms with Gasteiger partial charge in [-0.2, -0.15) is 0 Å². The third-order valence-corrected chi connectivity index (χ3v) is 7.56. The number of carbonyl (C=O) groups excluding carboxylic acids is 1. The van der Waals surface area contributed by atoms with Crippen LogP contribution in [0.1, 0.15) is 23.2 Å². The molecule has 0 spiro atoms. The van der Waals surface area contributed by atoms with Gasteiger partial charge in [0.15, 0.2) is 0 Å². The topological polar surface area (TPSA) is 101 Å². The normalized spacial score (nSPS) is 13.6. The zero-order valence-corrected chi connectivity index (χ0v) is 18.9. The molecule has 2 aromatic heterocycles. The fourth-order valence-corrected chi connectivity index (χ4v) is 5.06. The molecule has 2 heterocycles. The Bertz CT molecular complexity index is 1460. The molecule has 0 atom stereocenters. The quantitative estimate of drug-likeness (QED) is 0.401. The largest absolute Gasteiger partial charge is 0.322 e. The number of halogens is 1. The van der Waals surface area contributed by atoms with Crippen LogP contribution in [0, 0.1) is 0 Å². The highest BCUT2D eigenvalue weighted by Gasteiger charge is 2.35. The SMILES string of the molecule is O=C(Nc1ccc(Cl)c(-c2nccc3ccccc23)c1)c1ccc(NS(=O)(=O)C2CC2)nc1. The van der Waals surface area contributed by atoms with E-state index in [2.05, 4.69) is 20.0 Å². The van der Waals surface area contributed by atoms with Crippen molar-refractivity contribution in [3.8, 4) is 11.3 Å². The summed E-state index contributed by atoms with van der Waals surface area (Å²) in [5, 5.41) is 5.00. The molecule has 0 bridgehead atoms. The fourth-order valence-electron chi connectivity index (χ4n) is 3.52. The second-order valence-corrected chi connectivity index (χ2v) is 10.2. The number of nitrogens with zero attached hydrogens (tertiary/aromatic N) is 2. The molecule has 0 saturated heterocycles. The predicted molar refractivity (Wildman–Crippen MR) is 130 cm³/mol. The van der Waals surface area contributed by atoms with Gasteiger partial charge in [-0.3, -0.25) is 14.5 Å². The molecule has 5 rings (SSSR count). The van der Waals surface area contributed by atoms with Gasteiger partial charge < -0.3 is 5.32 Å². The van der Waals surface area contributed by atoms with Crippen LogP contribution in [-0.4, -0.2) is 29.5 Å². The maximum absolute atomic E-state index is 12.7. The van der Waals surface area contributed by atoms with Gasteiger partial charge in [-0.25, -0.2) is 13.4 Å². The van der Waals surface area contributed by atoms with Crippen LogP contribution < -0.4 is 10.0 Å². The number of anilines is 2. The molecular weight excluding hydrogens is 460 g/mol. The first-order valence-corrected chi connectivity index (χ1v) is 12.3. The van der Waals surface area contributed by atoms with E-state index < -0.39 is 10.0 Å². The summed E-state index contributed by atoms with van der Waals surface area (Å²) in [4.78, 5) is 21.3. The molecule has 7 nitrogen and oxygen atoms in total. The molecule has 9 heteroatoms. The smallest absolute Gasteiger partial charge is 0.257 e. The molecule has 4 aromatic rings. The molecule has 0 aliphatic heterocycles. The van der Waals surface area contributed by atoms with Crippen molar-refractivity contribution in [1.82, 2.24) is 9.97 Å². The number of rotatable bonds is 6. The Labute approximate surface area is 195 Å². The Morgan fingerprint density at radius 1 is 1.00 bits per heavy atom. The minimum atomic E-state index is -3.40. The maximum Gasteiger partial charge on any atom is 0.257 e. The molecule has 1 amide bonds. The van der Waals surface area contributed by atoms with Crippen LogP contribution in [0.4, 0.5) is 11.5 Å². The number of carbonyl (C=O) groups is 1. The summed E-state index contributed by atoms with van der Waals surface area (Å²) in [6.07, 6.45) is 4.38. The molecule has 2 N–H and O–H groups in total. The lowest BCUT2D eigenvalue weighted by atomic mass is 10.0. The second-order valence-electron chi connectivity index (χ2n) is 7.81. The number of nitrogens with one attached hydrogen (secondary N) is 2. The van der Waals surface area contributed by atoms with Crippen LogP contribution >= 0.6 is 11.6 Å². The van der Waals surface area contributed by atoms with Gasteiger partial charge >= 0.3 is 0 Å². The molecule has 1 saturated carbocycles. The zero-order chi connectivity index (χ0) is 23.0. The maximum atomic E-state index is 12.7. The number of amides is 1. The number of fused-ring (bicyclic) bond motifs is 1. The Morgan fingerprint density at radius 3 is 2.58 bits per heavy atom. The molecule has 2 aromatic carbocycles. The minimum Gasteiger partial charge on any atom is -0.322 e. The van der Waals surface area contributed by atoms with Crippen LogP contribution in [0.3, 0.4) is 0 Å². The van der Waals surface area contributed by atoms with E-state index in [-0.39, 0.29) is 17.0 Å². The number of hydrogen-bond donors (Lipinski definition) is 2. The zero-order valence-electron chi connectivity index (χ0n) is 17.3. The molecule has 1 fully saturated rings. The van der Waals surface area contributed by atoms with E-state index in [9.17, 15) is 13.2 Å². The van der Waals surface area contributed by atoms with Gasteiger partial charge in [-0.05, 0) is 54.6 Å². The summed E-state index contributed by atoms with van der Waals surface area (Å²) in [5.41, 5.74) is 2.27. The molecule has 166 valence electrons. The van der Waals surface area contributed by atoms with Crippen molar-refractivity contribution in [2.24, 2.45) is 0 Å². The van der Waals surface area contributed by atoms with Gasteiger partial charge in [0.05, 0.1) is 21.5 Å². The number of sulfonamides is 1. The first kappa shape index (κ1) is 21.4. The Balaban J connectivity index is 1.37. The van der Waals surface area contributed by atoms with Gasteiger partial charge in [-0.1, -0.05) is 35.9 Å². The van der Waals surface area contributed by atoms with Gasteiger partial charge in [0, 0.05) is 29.0 Å². The van der Waals surface area contributed by atoms with E-state index in [1.807, 2.05) is 30.3 Å². The first-order valence-electron chi connectivity index (χ1n) is 10.3. The summed E-state index contributed by atoms with van der Waals surface area (Å²) in [7, 11) is -3.40. The standard InChI is InChI=1S/C24H19ClN4O3S/c25-21-9-6-17(13-20(21)23-19-4-2-1-3-15(19)11-12-26-23)28-24(30)16-5-10-22(27-14-16)29-33(31,32)18-7-8-18/h1-6,9-14,18H,7-8H2,(H,27,29)(H,28,30). The monoisotopic (exact) mass is 478 g/mol. The Morgan fingerprint density at radius 2 is 1.82 bits per heavy atom. The van der Waals surface area contributed by atoms with Crippen molar-refractivity contribution in [2.75, 3.05) is 10.0 Å². The number of hydrogen-bond acceptors (Lipinski definition) is 5. The van der Waals surface area contributed by atoms with Gasteiger partial charge in [0.2, 0.25) is 10.0 Å². The van der Waals surface area contributed by atoms with E-state index >= 15 is 0 Å². The summed E-state index contributed by atoms with van der Waals surface area (Å²) in [5.74, 6) is -0.187. The Hall–Kier alpha value is -3.49. The number of pyridine rings is 2. The van der Waals surface area contributed by atoms with Crippen LogP contribution in [-0.2, 0) is 10.0 Å². The molecular formula is C24H19ClN4O3S. The molecule has 0 radical (unpaired) electrons. The highest BCUT2D eigenvalue weighted by molar-refractivity contribution is 7.93. The number of benzene rings is 2. The Kier molecular flexibility index (Phi) is 5.47. The lowest BCUT2D eigenvalue weighted by Crippen LogP contribution is -2.18. The molecule has 1 aliphatic rings. The summed E-state index contributed by atoms with van der Waals surface area (Å²) in [6.45, 7) is 0. The lowest BCUT2D eigenvalue weighted by molar-refractivity contribution is 0.102. The van der Waals surface area contributed by atoms with Crippen LogP contribution in [0.5, 0.6) is 0 Å². The number of aromatic nitrogens is 2. The fraction of sp³-hybridized carbons (Fsp3) is 0.125. The van der Waals surface area contributed by atoms with Crippen molar-refractivity contribution in [3.63, 3.8) is 0 Å². The van der Waals surface area contributed by atoms with Crippen molar-refractivity contribution in [3.05, 3.63) is 83.6 Å². The van der Waals surface area contributed by atoms with E-state index in [1.165, 1.54) is 18.3 Å². The molecule has 33 heavy (non-hydrogen) atoms. The third-order valence-electron chi connectivity index (χ3n) is 5.39. The lowest BCUT2D eigenvalue weighted by Gasteiger charge is -2.11. The van der Waals surface area contributed by atoms with Gasteiger partial charge in [-0.15, -0.1) is 0 Å². The first-order chi connectivity index (χ1) is 15.9. The molecule has 0 unspecified atom stereocenters. The average Bonchev–Trinajstić information content (AvgIpc) is 3.67. The van der Waals surface area contributed by atoms with Crippen molar-refractivity contribution < 1.29 is 13.2 Å². The van der Waals surface area contributed by atoms with E-state index in [4.69, 9.17) is 11.6 Å². The predicted octanol–water partition coefficient (Wildman–Crippen LogP) is 5.11. The highest BCUT2D eigenvalue weighted by atomic mass is 35.5. The highest BCUT2D eigenvalue weighted by Crippen LogP contribution is 2.34. The summed E-state index contributed by atoms with van der Waals surface area (Å²) in [6, 6.07) is 18.0. The van der Waals surface area contributed by atoms with E-state index in [1.54, 1.807) is 24.4 Å². The summed E-state index contributed by atoms with van der Waals surface area (Å²) >= 11 is 6.46. The van der Waals surface area contributed by atoms with Crippen molar-refractivity contribution in [1.29, 1.82) is 0 Å². The molecule has 1 aliphatic carbocycles. The third kappa shape index (κ3) is 4.53. The minimum absolute atomic E-state index is 0.189. The van der Waals surface area contributed by atoms with Gasteiger partial charge in [0.1, 0.15) is 5.82 Å².